The fraction of sp³-hybridized carbons (Fsp3) is 0.128. The normalized spacial score (nSPS) is 15.6. The molecule has 2 heteroatoms. The maximum atomic E-state index is 2.45. The zero-order valence-corrected chi connectivity index (χ0v) is 24.6. The summed E-state index contributed by atoms with van der Waals surface area (Å²) in [4.78, 5) is 3.80. The quantitative estimate of drug-likeness (QED) is 0.215. The Balaban J connectivity index is 1.40. The molecule has 7 rings (SSSR count). The number of allylic oxidation sites excluding steroid dienone is 3. The van der Waals surface area contributed by atoms with Crippen molar-refractivity contribution in [1.82, 2.24) is 0 Å². The van der Waals surface area contributed by atoms with Crippen LogP contribution in [0.5, 0.6) is 0 Å². The van der Waals surface area contributed by atoms with E-state index in [4.69, 9.17) is 0 Å². The van der Waals surface area contributed by atoms with Gasteiger partial charge in [0.05, 0.1) is 5.69 Å². The Morgan fingerprint density at radius 1 is 0.659 bits per heavy atom. The minimum Gasteiger partial charge on any atom is -0.309 e. The van der Waals surface area contributed by atoms with Crippen LogP contribution in [0.1, 0.15) is 37.5 Å². The lowest BCUT2D eigenvalue weighted by Crippen LogP contribution is -2.15. The van der Waals surface area contributed by atoms with Gasteiger partial charge in [0.25, 0.3) is 0 Å². The molecule has 0 amide bonds. The summed E-state index contributed by atoms with van der Waals surface area (Å²) in [6.07, 6.45) is 6.51. The molecule has 0 spiro atoms. The largest absolute Gasteiger partial charge is 0.309 e. The molecule has 1 aliphatic heterocycles. The summed E-state index contributed by atoms with van der Waals surface area (Å²) >= 11 is 1.94. The summed E-state index contributed by atoms with van der Waals surface area (Å²) in [5, 5.41) is 0. The van der Waals surface area contributed by atoms with Gasteiger partial charge in [-0.25, -0.2) is 0 Å². The maximum absolute atomic E-state index is 2.45. The van der Waals surface area contributed by atoms with E-state index in [9.17, 15) is 0 Å². The SMILES string of the molecule is C/C=C\C=C1/CSc2c1cccc2N(c1ccc(-c2ccccc2)cc1)c1ccc2c(c1)-c1ccccc1C2(C)C. The van der Waals surface area contributed by atoms with Crippen molar-refractivity contribution in [3.8, 4) is 22.3 Å². The van der Waals surface area contributed by atoms with Gasteiger partial charge in [-0.1, -0.05) is 117 Å². The molecule has 0 aromatic heterocycles. The second kappa shape index (κ2) is 10.3. The fourth-order valence-corrected chi connectivity index (χ4v) is 7.60. The number of rotatable bonds is 5. The molecule has 0 bridgehead atoms. The molecule has 0 saturated carbocycles. The molecule has 0 atom stereocenters. The molecule has 1 nitrogen and oxygen atoms in total. The van der Waals surface area contributed by atoms with Gasteiger partial charge >= 0.3 is 0 Å². The highest BCUT2D eigenvalue weighted by Crippen LogP contribution is 2.52. The lowest BCUT2D eigenvalue weighted by Gasteiger charge is -2.29. The molecule has 200 valence electrons. The predicted molar refractivity (Wildman–Crippen MR) is 178 cm³/mol. The standard InChI is InChI=1S/C39H33NS/c1-4-5-12-29-26-41-38-32(29)16-11-18-37(38)40(30-21-19-28(20-22-30)27-13-7-6-8-14-27)31-23-24-36-34(25-31)33-15-9-10-17-35(33)39(36,2)3/h4-25H,26H2,1-3H3/b5-4-,29-12+. The van der Waals surface area contributed by atoms with E-state index >= 15 is 0 Å². The lowest BCUT2D eigenvalue weighted by atomic mass is 9.82. The molecule has 0 saturated heterocycles. The van der Waals surface area contributed by atoms with Crippen molar-refractivity contribution in [2.24, 2.45) is 0 Å². The van der Waals surface area contributed by atoms with Crippen molar-refractivity contribution in [3.05, 3.63) is 150 Å². The van der Waals surface area contributed by atoms with Crippen molar-refractivity contribution < 1.29 is 0 Å². The van der Waals surface area contributed by atoms with E-state index < -0.39 is 0 Å². The third-order valence-corrected chi connectivity index (χ3v) is 9.67. The van der Waals surface area contributed by atoms with Gasteiger partial charge < -0.3 is 4.90 Å². The zero-order chi connectivity index (χ0) is 28.0. The van der Waals surface area contributed by atoms with Crippen LogP contribution in [-0.2, 0) is 5.41 Å². The van der Waals surface area contributed by atoms with Gasteiger partial charge in [0.1, 0.15) is 0 Å². The minimum absolute atomic E-state index is 0.0110. The maximum Gasteiger partial charge on any atom is 0.0603 e. The Morgan fingerprint density at radius 3 is 2.15 bits per heavy atom. The number of anilines is 3. The summed E-state index contributed by atoms with van der Waals surface area (Å²) in [6, 6.07) is 42.4. The van der Waals surface area contributed by atoms with E-state index in [1.807, 2.05) is 11.8 Å². The second-order valence-electron chi connectivity index (χ2n) is 11.3. The second-order valence-corrected chi connectivity index (χ2v) is 12.3. The van der Waals surface area contributed by atoms with Crippen LogP contribution in [0, 0.1) is 0 Å². The molecule has 2 aliphatic rings. The Morgan fingerprint density at radius 2 is 1.34 bits per heavy atom. The number of thioether (sulfide) groups is 1. The minimum atomic E-state index is -0.0110. The van der Waals surface area contributed by atoms with Crippen LogP contribution in [0.15, 0.2) is 138 Å². The van der Waals surface area contributed by atoms with Crippen LogP contribution in [0.4, 0.5) is 17.1 Å². The van der Waals surface area contributed by atoms with Gasteiger partial charge in [-0.3, -0.25) is 0 Å². The average molecular weight is 548 g/mol. The molecule has 1 heterocycles. The van der Waals surface area contributed by atoms with E-state index in [1.165, 1.54) is 60.8 Å². The highest BCUT2D eigenvalue weighted by atomic mass is 32.2. The summed E-state index contributed by atoms with van der Waals surface area (Å²) in [7, 11) is 0. The number of hydrogen-bond donors (Lipinski definition) is 0. The van der Waals surface area contributed by atoms with Crippen molar-refractivity contribution in [3.63, 3.8) is 0 Å². The van der Waals surface area contributed by atoms with E-state index in [0.29, 0.717) is 0 Å². The smallest absolute Gasteiger partial charge is 0.0603 e. The molecule has 5 aromatic rings. The number of fused-ring (bicyclic) bond motifs is 4. The Bertz CT molecular complexity index is 1810. The van der Waals surface area contributed by atoms with Crippen LogP contribution < -0.4 is 4.90 Å². The average Bonchev–Trinajstić information content (AvgIpc) is 3.53. The Kier molecular flexibility index (Phi) is 6.44. The van der Waals surface area contributed by atoms with Crippen molar-refractivity contribution in [2.45, 2.75) is 31.1 Å². The molecule has 0 N–H and O–H groups in total. The number of benzene rings is 5. The number of hydrogen-bond acceptors (Lipinski definition) is 2. The third-order valence-electron chi connectivity index (χ3n) is 8.50. The summed E-state index contributed by atoms with van der Waals surface area (Å²) in [5.74, 6) is 0.989. The van der Waals surface area contributed by atoms with Gasteiger partial charge in [-0.15, -0.1) is 11.8 Å². The molecule has 0 unspecified atom stereocenters. The van der Waals surface area contributed by atoms with Gasteiger partial charge in [-0.2, -0.15) is 0 Å². The lowest BCUT2D eigenvalue weighted by molar-refractivity contribution is 0.660. The van der Waals surface area contributed by atoms with E-state index in [0.717, 1.165) is 11.4 Å². The van der Waals surface area contributed by atoms with Crippen LogP contribution in [0.2, 0.25) is 0 Å². The zero-order valence-electron chi connectivity index (χ0n) is 23.8. The molecule has 5 aromatic carbocycles. The predicted octanol–water partition coefficient (Wildman–Crippen LogP) is 11.2. The van der Waals surface area contributed by atoms with Crippen LogP contribution in [-0.4, -0.2) is 5.75 Å². The monoisotopic (exact) mass is 547 g/mol. The van der Waals surface area contributed by atoms with Crippen molar-refractivity contribution in [2.75, 3.05) is 10.7 Å². The first-order valence-corrected chi connectivity index (χ1v) is 15.3. The topological polar surface area (TPSA) is 3.24 Å². The fourth-order valence-electron chi connectivity index (χ4n) is 6.39. The summed E-state index contributed by atoms with van der Waals surface area (Å²) < 4.78 is 0. The highest BCUT2D eigenvalue weighted by molar-refractivity contribution is 8.00. The van der Waals surface area contributed by atoms with Crippen molar-refractivity contribution >= 4 is 34.4 Å². The molecular formula is C39H33NS. The molecule has 41 heavy (non-hydrogen) atoms. The van der Waals surface area contributed by atoms with E-state index in [1.54, 1.807) is 0 Å². The van der Waals surface area contributed by atoms with Crippen LogP contribution in [0.25, 0.3) is 27.8 Å². The third kappa shape index (κ3) is 4.34. The van der Waals surface area contributed by atoms with Gasteiger partial charge in [-0.05, 0) is 81.8 Å². The Labute approximate surface area is 247 Å². The first-order valence-electron chi connectivity index (χ1n) is 14.3. The first kappa shape index (κ1) is 25.7. The highest BCUT2D eigenvalue weighted by Gasteiger charge is 2.35. The van der Waals surface area contributed by atoms with Gasteiger partial charge in [0.2, 0.25) is 0 Å². The van der Waals surface area contributed by atoms with Crippen LogP contribution in [0.3, 0.4) is 0 Å². The van der Waals surface area contributed by atoms with Gasteiger partial charge in [0.15, 0.2) is 0 Å². The van der Waals surface area contributed by atoms with E-state index in [-0.39, 0.29) is 5.41 Å². The first-order chi connectivity index (χ1) is 20.1. The van der Waals surface area contributed by atoms with Crippen molar-refractivity contribution in [1.29, 1.82) is 0 Å². The Hall–Kier alpha value is -4.27. The summed E-state index contributed by atoms with van der Waals surface area (Å²) in [6.45, 7) is 6.76. The summed E-state index contributed by atoms with van der Waals surface area (Å²) in [5.41, 5.74) is 14.2. The van der Waals surface area contributed by atoms with E-state index in [2.05, 4.69) is 159 Å². The number of nitrogens with zero attached hydrogens (tertiary/aromatic N) is 1. The van der Waals surface area contributed by atoms with Gasteiger partial charge in [0, 0.05) is 27.4 Å². The molecule has 1 aliphatic carbocycles. The molecule has 0 radical (unpaired) electrons. The van der Waals surface area contributed by atoms with Crippen LogP contribution >= 0.6 is 11.8 Å². The molecule has 0 fully saturated rings. The molecular weight excluding hydrogens is 515 g/mol.